The summed E-state index contributed by atoms with van der Waals surface area (Å²) in [5.74, 6) is 0.0340. The molecule has 1 aromatic carbocycles. The molecule has 0 aliphatic rings. The maximum atomic E-state index is 11.5. The van der Waals surface area contributed by atoms with Crippen molar-refractivity contribution in [1.29, 1.82) is 0 Å². The van der Waals surface area contributed by atoms with Crippen molar-refractivity contribution in [2.24, 2.45) is 0 Å². The molecule has 0 saturated heterocycles. The summed E-state index contributed by atoms with van der Waals surface area (Å²) in [4.78, 5) is 17.0. The molecule has 1 heterocycles. The third-order valence-electron chi connectivity index (χ3n) is 3.34. The number of nitrogens with zero attached hydrogens (tertiary/aromatic N) is 1. The average molecular weight is 289 g/mol. The second-order valence-corrected chi connectivity index (χ2v) is 5.46. The van der Waals surface area contributed by atoms with E-state index in [-0.39, 0.29) is 11.9 Å². The topological polar surface area (TPSA) is 54.0 Å². The monoisotopic (exact) mass is 289 g/mol. The molecule has 0 unspecified atom stereocenters. The van der Waals surface area contributed by atoms with Gasteiger partial charge in [0.15, 0.2) is 0 Å². The Hall–Kier alpha value is -1.72. The van der Waals surface area contributed by atoms with E-state index in [9.17, 15) is 4.79 Å². The quantitative estimate of drug-likeness (QED) is 0.889. The fourth-order valence-corrected chi connectivity index (χ4v) is 2.93. The molecule has 0 aliphatic carbocycles. The maximum Gasteiger partial charge on any atom is 0.221 e. The summed E-state index contributed by atoms with van der Waals surface area (Å²) >= 11 is 1.65. The van der Waals surface area contributed by atoms with Gasteiger partial charge in [-0.15, -0.1) is 11.3 Å². The van der Waals surface area contributed by atoms with Gasteiger partial charge in [0.25, 0.3) is 0 Å². The Kier molecular flexibility index (Phi) is 4.87. The van der Waals surface area contributed by atoms with Crippen molar-refractivity contribution in [3.05, 3.63) is 41.0 Å². The first kappa shape index (κ1) is 14.7. The SMILES string of the molecule is CNC(=O)C[C@H](NC)c1ccc(-c2scnc2C)cc1. The van der Waals surface area contributed by atoms with Crippen molar-refractivity contribution in [2.45, 2.75) is 19.4 Å². The number of thiazole rings is 1. The van der Waals surface area contributed by atoms with Gasteiger partial charge in [-0.3, -0.25) is 4.79 Å². The number of hydrogen-bond acceptors (Lipinski definition) is 4. The molecule has 0 spiro atoms. The molecule has 1 aromatic heterocycles. The van der Waals surface area contributed by atoms with Gasteiger partial charge in [0.2, 0.25) is 5.91 Å². The molecule has 0 radical (unpaired) electrons. The van der Waals surface area contributed by atoms with Crippen molar-refractivity contribution < 1.29 is 4.79 Å². The molecular formula is C15H19N3OS. The second kappa shape index (κ2) is 6.63. The number of aromatic nitrogens is 1. The van der Waals surface area contributed by atoms with Crippen LogP contribution in [-0.2, 0) is 4.79 Å². The predicted molar refractivity (Wildman–Crippen MR) is 82.8 cm³/mol. The normalized spacial score (nSPS) is 12.2. The van der Waals surface area contributed by atoms with Crippen molar-refractivity contribution in [3.8, 4) is 10.4 Å². The summed E-state index contributed by atoms with van der Waals surface area (Å²) in [5, 5.41) is 5.83. The highest BCUT2D eigenvalue weighted by molar-refractivity contribution is 7.13. The van der Waals surface area contributed by atoms with Crippen LogP contribution in [0.5, 0.6) is 0 Å². The highest BCUT2D eigenvalue weighted by atomic mass is 32.1. The largest absolute Gasteiger partial charge is 0.359 e. The lowest BCUT2D eigenvalue weighted by Gasteiger charge is -2.16. The molecule has 1 atom stereocenters. The Labute approximate surface area is 123 Å². The van der Waals surface area contributed by atoms with E-state index in [4.69, 9.17) is 0 Å². The minimum atomic E-state index is 0.0338. The summed E-state index contributed by atoms with van der Waals surface area (Å²) < 4.78 is 0. The lowest BCUT2D eigenvalue weighted by atomic mass is 10.0. The molecule has 0 fully saturated rings. The Morgan fingerprint density at radius 3 is 2.50 bits per heavy atom. The highest BCUT2D eigenvalue weighted by Gasteiger charge is 2.13. The van der Waals surface area contributed by atoms with Gasteiger partial charge in [0.05, 0.1) is 16.1 Å². The number of amides is 1. The van der Waals surface area contributed by atoms with Gasteiger partial charge in [0.1, 0.15) is 0 Å². The van der Waals surface area contributed by atoms with Crippen molar-refractivity contribution in [1.82, 2.24) is 15.6 Å². The maximum absolute atomic E-state index is 11.5. The van der Waals surface area contributed by atoms with Crippen LogP contribution in [-0.4, -0.2) is 25.0 Å². The van der Waals surface area contributed by atoms with Gasteiger partial charge in [0, 0.05) is 19.5 Å². The number of rotatable bonds is 5. The van der Waals surface area contributed by atoms with Crippen LogP contribution < -0.4 is 10.6 Å². The molecule has 106 valence electrons. The van der Waals surface area contributed by atoms with Crippen LogP contribution in [0.1, 0.15) is 23.7 Å². The molecule has 0 bridgehead atoms. The second-order valence-electron chi connectivity index (χ2n) is 4.61. The zero-order valence-corrected chi connectivity index (χ0v) is 12.8. The van der Waals surface area contributed by atoms with Crippen LogP contribution in [0.4, 0.5) is 0 Å². The fourth-order valence-electron chi connectivity index (χ4n) is 2.12. The van der Waals surface area contributed by atoms with Crippen LogP contribution in [0.15, 0.2) is 29.8 Å². The Bertz CT molecular complexity index is 577. The van der Waals surface area contributed by atoms with Gasteiger partial charge in [-0.05, 0) is 25.1 Å². The molecule has 5 heteroatoms. The fraction of sp³-hybridized carbons (Fsp3) is 0.333. The van der Waals surface area contributed by atoms with Crippen LogP contribution in [0, 0.1) is 6.92 Å². The number of nitrogens with one attached hydrogen (secondary N) is 2. The smallest absolute Gasteiger partial charge is 0.221 e. The molecule has 2 aromatic rings. The summed E-state index contributed by atoms with van der Waals surface area (Å²) in [6, 6.07) is 8.34. The average Bonchev–Trinajstić information content (AvgIpc) is 2.91. The molecular weight excluding hydrogens is 270 g/mol. The van der Waals surface area contributed by atoms with Gasteiger partial charge in [-0.1, -0.05) is 24.3 Å². The molecule has 0 aliphatic heterocycles. The third-order valence-corrected chi connectivity index (χ3v) is 4.32. The standard InChI is InChI=1S/C15H19N3OS/c1-10-15(20-9-18-10)12-6-4-11(5-7-12)13(16-2)8-14(19)17-3/h4-7,9,13,16H,8H2,1-3H3,(H,17,19)/t13-/m0/s1. The van der Waals surface area contributed by atoms with Crippen molar-refractivity contribution in [3.63, 3.8) is 0 Å². The Morgan fingerprint density at radius 1 is 1.30 bits per heavy atom. The molecule has 0 saturated carbocycles. The van der Waals surface area contributed by atoms with E-state index in [1.54, 1.807) is 18.4 Å². The van der Waals surface area contributed by atoms with E-state index < -0.39 is 0 Å². The third kappa shape index (κ3) is 3.23. The van der Waals surface area contributed by atoms with E-state index >= 15 is 0 Å². The van der Waals surface area contributed by atoms with E-state index in [1.165, 1.54) is 10.4 Å². The lowest BCUT2D eigenvalue weighted by Crippen LogP contribution is -2.26. The van der Waals surface area contributed by atoms with Crippen molar-refractivity contribution >= 4 is 17.2 Å². The van der Waals surface area contributed by atoms with E-state index in [0.717, 1.165) is 11.3 Å². The first-order valence-electron chi connectivity index (χ1n) is 6.54. The van der Waals surface area contributed by atoms with Gasteiger partial charge >= 0.3 is 0 Å². The molecule has 2 rings (SSSR count). The summed E-state index contributed by atoms with van der Waals surface area (Å²) in [6.07, 6.45) is 0.436. The first-order valence-corrected chi connectivity index (χ1v) is 7.42. The number of carbonyl (C=O) groups excluding carboxylic acids is 1. The zero-order valence-electron chi connectivity index (χ0n) is 11.9. The Morgan fingerprint density at radius 2 is 2.00 bits per heavy atom. The highest BCUT2D eigenvalue weighted by Crippen LogP contribution is 2.28. The predicted octanol–water partition coefficient (Wildman–Crippen LogP) is 2.52. The molecule has 4 nitrogen and oxygen atoms in total. The van der Waals surface area contributed by atoms with E-state index in [1.807, 2.05) is 19.5 Å². The Balaban J connectivity index is 2.18. The minimum absolute atomic E-state index is 0.0338. The number of carbonyl (C=O) groups is 1. The zero-order chi connectivity index (χ0) is 14.5. The van der Waals surface area contributed by atoms with Crippen LogP contribution in [0.25, 0.3) is 10.4 Å². The molecule has 20 heavy (non-hydrogen) atoms. The number of aryl methyl sites for hydroxylation is 1. The summed E-state index contributed by atoms with van der Waals surface area (Å²) in [5.41, 5.74) is 5.20. The van der Waals surface area contributed by atoms with Gasteiger partial charge in [-0.25, -0.2) is 4.98 Å². The van der Waals surface area contributed by atoms with Crippen LogP contribution in [0.2, 0.25) is 0 Å². The summed E-state index contributed by atoms with van der Waals surface area (Å²) in [7, 11) is 3.53. The van der Waals surface area contributed by atoms with Crippen molar-refractivity contribution in [2.75, 3.05) is 14.1 Å². The lowest BCUT2D eigenvalue weighted by molar-refractivity contribution is -0.121. The molecule has 1 amide bonds. The number of hydrogen-bond donors (Lipinski definition) is 2. The van der Waals surface area contributed by atoms with E-state index in [2.05, 4.69) is 39.9 Å². The van der Waals surface area contributed by atoms with Crippen LogP contribution in [0.3, 0.4) is 0 Å². The molecule has 2 N–H and O–H groups in total. The summed E-state index contributed by atoms with van der Waals surface area (Å²) in [6.45, 7) is 2.02. The van der Waals surface area contributed by atoms with Gasteiger partial charge < -0.3 is 10.6 Å². The number of benzene rings is 1. The van der Waals surface area contributed by atoms with E-state index in [0.29, 0.717) is 6.42 Å². The first-order chi connectivity index (χ1) is 9.65. The minimum Gasteiger partial charge on any atom is -0.359 e. The van der Waals surface area contributed by atoms with Crippen LogP contribution >= 0.6 is 11.3 Å². The van der Waals surface area contributed by atoms with Gasteiger partial charge in [-0.2, -0.15) is 0 Å².